The number of nitrogens with one attached hydrogen (secondary N) is 3. The lowest BCUT2D eigenvalue weighted by molar-refractivity contribution is -0.131. The molecule has 116 valence electrons. The highest BCUT2D eigenvalue weighted by molar-refractivity contribution is 5.85. The molecule has 0 aromatic rings. The lowest BCUT2D eigenvalue weighted by atomic mass is 9.79. The van der Waals surface area contributed by atoms with Gasteiger partial charge in [0.05, 0.1) is 0 Å². The summed E-state index contributed by atoms with van der Waals surface area (Å²) in [7, 11) is 0. The second-order valence-electron chi connectivity index (χ2n) is 7.00. The first kappa shape index (κ1) is 16.9. The number of nitrogens with two attached hydrogens (primary N) is 1. The number of rotatable bonds is 4. The first-order chi connectivity index (χ1) is 9.07. The zero-order valence-corrected chi connectivity index (χ0v) is 13.2. The van der Waals surface area contributed by atoms with Crippen molar-refractivity contribution >= 4 is 11.8 Å². The predicted octanol–water partition coefficient (Wildman–Crippen LogP) is 0.428. The van der Waals surface area contributed by atoms with Crippen molar-refractivity contribution < 1.29 is 9.59 Å². The Bertz CT molecular complexity index is 379. The van der Waals surface area contributed by atoms with E-state index in [9.17, 15) is 9.59 Å². The molecular formula is C14H28N4O2. The summed E-state index contributed by atoms with van der Waals surface area (Å²) in [4.78, 5) is 23.4. The summed E-state index contributed by atoms with van der Waals surface area (Å²) in [6, 6.07) is 0.0615. The van der Waals surface area contributed by atoms with Gasteiger partial charge in [-0.1, -0.05) is 6.92 Å². The van der Waals surface area contributed by atoms with Gasteiger partial charge in [0, 0.05) is 29.5 Å². The van der Waals surface area contributed by atoms with Crippen molar-refractivity contribution in [2.24, 2.45) is 11.8 Å². The van der Waals surface area contributed by atoms with E-state index in [2.05, 4.69) is 43.8 Å². The Kier molecular flexibility index (Phi) is 5.15. The molecule has 20 heavy (non-hydrogen) atoms. The molecule has 1 fully saturated rings. The van der Waals surface area contributed by atoms with Crippen LogP contribution in [0.3, 0.4) is 0 Å². The molecule has 6 heteroatoms. The van der Waals surface area contributed by atoms with E-state index >= 15 is 0 Å². The van der Waals surface area contributed by atoms with Crippen LogP contribution in [-0.4, -0.2) is 28.9 Å². The van der Waals surface area contributed by atoms with Crippen molar-refractivity contribution in [3.8, 4) is 0 Å². The van der Waals surface area contributed by atoms with Gasteiger partial charge in [0.15, 0.2) is 0 Å². The summed E-state index contributed by atoms with van der Waals surface area (Å²) in [5.41, 5.74) is 1.96. The third-order valence-electron chi connectivity index (χ3n) is 4.01. The minimum absolute atomic E-state index is 0.0615. The summed E-state index contributed by atoms with van der Waals surface area (Å²) in [6.45, 7) is 10.3. The Hall–Kier alpha value is -1.14. The highest BCUT2D eigenvalue weighted by Gasteiger charge is 2.40. The third-order valence-corrected chi connectivity index (χ3v) is 4.01. The number of amides is 2. The average Bonchev–Trinajstić information content (AvgIpc) is 2.30. The predicted molar refractivity (Wildman–Crippen MR) is 78.6 cm³/mol. The number of hydrogen-bond donors (Lipinski definition) is 4. The van der Waals surface area contributed by atoms with Gasteiger partial charge in [-0.2, -0.15) is 0 Å². The first-order valence-electron chi connectivity index (χ1n) is 7.16. The fourth-order valence-electron chi connectivity index (χ4n) is 2.88. The van der Waals surface area contributed by atoms with Gasteiger partial charge in [0.2, 0.25) is 11.8 Å². The zero-order valence-electron chi connectivity index (χ0n) is 13.2. The molecule has 2 unspecified atom stereocenters. The maximum Gasteiger partial charge on any atom is 0.234 e. The largest absolute Gasteiger partial charge is 0.351 e. The Morgan fingerprint density at radius 3 is 2.45 bits per heavy atom. The third kappa shape index (κ3) is 4.45. The van der Waals surface area contributed by atoms with Gasteiger partial charge in [-0.05, 0) is 40.5 Å². The molecule has 1 aliphatic heterocycles. The van der Waals surface area contributed by atoms with Crippen LogP contribution in [-0.2, 0) is 9.59 Å². The molecule has 1 rings (SSSR count). The Labute approximate surface area is 121 Å². The molecule has 2 amide bonds. The summed E-state index contributed by atoms with van der Waals surface area (Å²) in [5, 5.41) is 6.62. The van der Waals surface area contributed by atoms with Crippen LogP contribution in [0.4, 0.5) is 0 Å². The van der Waals surface area contributed by atoms with E-state index in [-0.39, 0.29) is 41.3 Å². The Morgan fingerprint density at radius 2 is 1.95 bits per heavy atom. The topological polar surface area (TPSA) is 96.2 Å². The van der Waals surface area contributed by atoms with Crippen molar-refractivity contribution in [3.05, 3.63) is 0 Å². The van der Waals surface area contributed by atoms with Crippen LogP contribution >= 0.6 is 0 Å². The number of hydrogen-bond acceptors (Lipinski definition) is 4. The lowest BCUT2D eigenvalue weighted by Crippen LogP contribution is -2.66. The quantitative estimate of drug-likeness (QED) is 0.342. The molecule has 5 N–H and O–H groups in total. The van der Waals surface area contributed by atoms with Gasteiger partial charge in [0.25, 0.3) is 0 Å². The molecule has 0 spiro atoms. The van der Waals surface area contributed by atoms with Crippen LogP contribution in [0.2, 0.25) is 0 Å². The van der Waals surface area contributed by atoms with Crippen molar-refractivity contribution in [2.75, 3.05) is 0 Å². The van der Waals surface area contributed by atoms with Crippen LogP contribution in [0, 0.1) is 5.92 Å². The fourth-order valence-corrected chi connectivity index (χ4v) is 2.88. The van der Waals surface area contributed by atoms with Crippen molar-refractivity contribution in [1.29, 1.82) is 0 Å². The molecule has 0 bridgehead atoms. The summed E-state index contributed by atoms with van der Waals surface area (Å²) >= 11 is 0. The molecule has 6 nitrogen and oxygen atoms in total. The normalized spacial score (nSPS) is 25.6. The molecule has 0 saturated carbocycles. The minimum Gasteiger partial charge on any atom is -0.351 e. The zero-order chi connectivity index (χ0) is 15.6. The molecular weight excluding hydrogens is 256 g/mol. The average molecular weight is 284 g/mol. The molecule has 1 heterocycles. The standard InChI is InChI=1S/C14H28N4O2/c1-9(8-11(19)17-15)12(20)16-10-6-7-13(2,3)18-14(10,4)5/h9-10,18H,6-8,15H2,1-5H3,(H,16,20)(H,17,19). The van der Waals surface area contributed by atoms with Gasteiger partial charge in [-0.15, -0.1) is 0 Å². The van der Waals surface area contributed by atoms with E-state index < -0.39 is 0 Å². The van der Waals surface area contributed by atoms with Gasteiger partial charge in [-0.3, -0.25) is 15.0 Å². The maximum absolute atomic E-state index is 12.2. The van der Waals surface area contributed by atoms with Crippen molar-refractivity contribution in [3.63, 3.8) is 0 Å². The van der Waals surface area contributed by atoms with Crippen LogP contribution in [0.1, 0.15) is 53.9 Å². The van der Waals surface area contributed by atoms with Crippen LogP contribution in [0.15, 0.2) is 0 Å². The van der Waals surface area contributed by atoms with E-state index in [4.69, 9.17) is 5.84 Å². The number of hydrazine groups is 1. The second kappa shape index (κ2) is 6.10. The summed E-state index contributed by atoms with van der Waals surface area (Å²) in [6.07, 6.45) is 2.03. The highest BCUT2D eigenvalue weighted by Crippen LogP contribution is 2.28. The maximum atomic E-state index is 12.2. The lowest BCUT2D eigenvalue weighted by Gasteiger charge is -2.48. The molecule has 1 saturated heterocycles. The highest BCUT2D eigenvalue weighted by atomic mass is 16.2. The smallest absolute Gasteiger partial charge is 0.234 e. The number of carbonyl (C=O) groups excluding carboxylic acids is 2. The van der Waals surface area contributed by atoms with Crippen LogP contribution < -0.4 is 21.9 Å². The fraction of sp³-hybridized carbons (Fsp3) is 0.857. The van der Waals surface area contributed by atoms with Gasteiger partial charge >= 0.3 is 0 Å². The second-order valence-corrected chi connectivity index (χ2v) is 7.00. The number of carbonyl (C=O) groups is 2. The molecule has 2 atom stereocenters. The van der Waals surface area contributed by atoms with Crippen molar-refractivity contribution in [1.82, 2.24) is 16.1 Å². The molecule has 0 aromatic carbocycles. The minimum atomic E-state index is -0.385. The molecule has 0 aromatic heterocycles. The molecule has 1 aliphatic rings. The molecule has 0 aliphatic carbocycles. The summed E-state index contributed by atoms with van der Waals surface area (Å²) in [5.74, 6) is 4.22. The van der Waals surface area contributed by atoms with Gasteiger partial charge in [-0.25, -0.2) is 5.84 Å². The van der Waals surface area contributed by atoms with E-state index in [1.54, 1.807) is 6.92 Å². The Balaban J connectivity index is 2.60. The van der Waals surface area contributed by atoms with E-state index in [0.29, 0.717) is 0 Å². The summed E-state index contributed by atoms with van der Waals surface area (Å²) < 4.78 is 0. The Morgan fingerprint density at radius 1 is 1.35 bits per heavy atom. The van der Waals surface area contributed by atoms with Crippen molar-refractivity contribution in [2.45, 2.75) is 71.0 Å². The van der Waals surface area contributed by atoms with Gasteiger partial charge in [0.1, 0.15) is 0 Å². The molecule has 0 radical (unpaired) electrons. The first-order valence-corrected chi connectivity index (χ1v) is 7.16. The van der Waals surface area contributed by atoms with Crippen LogP contribution in [0.5, 0.6) is 0 Å². The number of piperidine rings is 1. The van der Waals surface area contributed by atoms with Crippen LogP contribution in [0.25, 0.3) is 0 Å². The van der Waals surface area contributed by atoms with E-state index in [1.807, 2.05) is 0 Å². The SMILES string of the molecule is CC(CC(=O)NN)C(=O)NC1CCC(C)(C)NC1(C)C. The van der Waals surface area contributed by atoms with E-state index in [1.165, 1.54) is 0 Å². The van der Waals surface area contributed by atoms with Gasteiger partial charge < -0.3 is 10.6 Å². The monoisotopic (exact) mass is 284 g/mol. The van der Waals surface area contributed by atoms with E-state index in [0.717, 1.165) is 12.8 Å².